The number of hydrogen-bond acceptors (Lipinski definition) is 3. The zero-order chi connectivity index (χ0) is 19.9. The van der Waals surface area contributed by atoms with Gasteiger partial charge in [0.05, 0.1) is 12.7 Å². The van der Waals surface area contributed by atoms with Crippen molar-refractivity contribution in [2.75, 3.05) is 20.2 Å². The summed E-state index contributed by atoms with van der Waals surface area (Å²) in [6.45, 7) is 1.32. The van der Waals surface area contributed by atoms with E-state index in [1.54, 1.807) is 18.2 Å². The highest BCUT2D eigenvalue weighted by atomic mass is 35.5. The molecule has 1 aliphatic rings. The zero-order valence-corrected chi connectivity index (χ0v) is 16.7. The van der Waals surface area contributed by atoms with E-state index < -0.39 is 0 Å². The van der Waals surface area contributed by atoms with Gasteiger partial charge in [0.2, 0.25) is 5.91 Å². The molecule has 1 N–H and O–H groups in total. The fourth-order valence-electron chi connectivity index (χ4n) is 3.45. The molecule has 3 rings (SSSR count). The Hall–Kier alpha value is -2.53. The number of carbonyl (C=O) groups is 2. The van der Waals surface area contributed by atoms with Crippen LogP contribution < -0.4 is 10.1 Å². The number of likely N-dealkylation sites (tertiary alicyclic amines) is 1. The second-order valence-electron chi connectivity index (χ2n) is 6.96. The Balaban J connectivity index is 1.48. The van der Waals surface area contributed by atoms with E-state index in [-0.39, 0.29) is 17.9 Å². The van der Waals surface area contributed by atoms with Crippen molar-refractivity contribution in [2.45, 2.75) is 31.7 Å². The standard InChI is InChI=1S/C22H25ClN2O3/c1-28-20-9-8-17(23)15-19(20)22(27)24-18-11-13-25(14-12-18)21(26)10-7-16-5-3-2-4-6-16/h2-6,8-9,15,18H,7,10-14H2,1H3,(H,24,27). The third-order valence-corrected chi connectivity index (χ3v) is 5.29. The van der Waals surface area contributed by atoms with Crippen LogP contribution in [0.4, 0.5) is 0 Å². The number of nitrogens with one attached hydrogen (secondary N) is 1. The molecule has 2 aromatic carbocycles. The number of aryl methyl sites for hydroxylation is 1. The third-order valence-electron chi connectivity index (χ3n) is 5.06. The van der Waals surface area contributed by atoms with Crippen LogP contribution in [0.25, 0.3) is 0 Å². The summed E-state index contributed by atoms with van der Waals surface area (Å²) < 4.78 is 5.25. The van der Waals surface area contributed by atoms with Gasteiger partial charge >= 0.3 is 0 Å². The summed E-state index contributed by atoms with van der Waals surface area (Å²) in [5.74, 6) is 0.466. The summed E-state index contributed by atoms with van der Waals surface area (Å²) >= 11 is 6.01. The molecule has 0 saturated carbocycles. The van der Waals surface area contributed by atoms with Gasteiger partial charge in [-0.15, -0.1) is 0 Å². The molecule has 28 heavy (non-hydrogen) atoms. The van der Waals surface area contributed by atoms with Gasteiger partial charge in [-0.05, 0) is 43.0 Å². The Morgan fingerprint density at radius 1 is 1.14 bits per heavy atom. The second kappa shape index (κ2) is 9.60. The van der Waals surface area contributed by atoms with Gasteiger partial charge in [0, 0.05) is 30.6 Å². The first-order valence-corrected chi connectivity index (χ1v) is 9.90. The van der Waals surface area contributed by atoms with Crippen molar-refractivity contribution >= 4 is 23.4 Å². The molecule has 148 valence electrons. The predicted octanol–water partition coefficient (Wildman–Crippen LogP) is 3.70. The van der Waals surface area contributed by atoms with Crippen LogP contribution in [0.3, 0.4) is 0 Å². The number of halogens is 1. The first-order valence-electron chi connectivity index (χ1n) is 9.53. The van der Waals surface area contributed by atoms with Crippen molar-refractivity contribution in [1.82, 2.24) is 10.2 Å². The highest BCUT2D eigenvalue weighted by molar-refractivity contribution is 6.31. The van der Waals surface area contributed by atoms with Crippen LogP contribution in [0.2, 0.25) is 5.02 Å². The van der Waals surface area contributed by atoms with E-state index >= 15 is 0 Å². The van der Waals surface area contributed by atoms with E-state index in [2.05, 4.69) is 5.32 Å². The molecular weight excluding hydrogens is 376 g/mol. The van der Waals surface area contributed by atoms with E-state index in [9.17, 15) is 9.59 Å². The van der Waals surface area contributed by atoms with Crippen LogP contribution in [0.15, 0.2) is 48.5 Å². The van der Waals surface area contributed by atoms with Crippen LogP contribution in [0.5, 0.6) is 5.75 Å². The molecule has 0 aliphatic carbocycles. The summed E-state index contributed by atoms with van der Waals surface area (Å²) in [6.07, 6.45) is 2.75. The number of piperidine rings is 1. The largest absolute Gasteiger partial charge is 0.496 e. The Morgan fingerprint density at radius 3 is 2.54 bits per heavy atom. The lowest BCUT2D eigenvalue weighted by Gasteiger charge is -2.32. The maximum absolute atomic E-state index is 12.6. The van der Waals surface area contributed by atoms with Gasteiger partial charge in [0.1, 0.15) is 5.75 Å². The van der Waals surface area contributed by atoms with E-state index in [0.29, 0.717) is 35.8 Å². The Kier molecular flexibility index (Phi) is 6.93. The van der Waals surface area contributed by atoms with Crippen LogP contribution in [0, 0.1) is 0 Å². The van der Waals surface area contributed by atoms with E-state index in [0.717, 1.165) is 19.3 Å². The molecule has 0 aromatic heterocycles. The van der Waals surface area contributed by atoms with Crippen LogP contribution in [0.1, 0.15) is 35.2 Å². The minimum absolute atomic E-state index is 0.0364. The lowest BCUT2D eigenvalue weighted by atomic mass is 10.0. The van der Waals surface area contributed by atoms with Crippen molar-refractivity contribution in [3.8, 4) is 5.75 Å². The van der Waals surface area contributed by atoms with E-state index in [4.69, 9.17) is 16.3 Å². The summed E-state index contributed by atoms with van der Waals surface area (Å²) in [4.78, 5) is 26.9. The quantitative estimate of drug-likeness (QED) is 0.804. The van der Waals surface area contributed by atoms with Gasteiger partial charge in [0.25, 0.3) is 5.91 Å². The number of rotatable bonds is 6. The van der Waals surface area contributed by atoms with Gasteiger partial charge in [-0.25, -0.2) is 0 Å². The predicted molar refractivity (Wildman–Crippen MR) is 110 cm³/mol. The normalized spacial score (nSPS) is 14.6. The minimum atomic E-state index is -0.201. The van der Waals surface area contributed by atoms with Crippen molar-refractivity contribution in [3.63, 3.8) is 0 Å². The third kappa shape index (κ3) is 5.26. The number of nitrogens with zero attached hydrogens (tertiary/aromatic N) is 1. The number of carbonyl (C=O) groups excluding carboxylic acids is 2. The van der Waals surface area contributed by atoms with Gasteiger partial charge in [-0.3, -0.25) is 9.59 Å². The molecule has 2 amide bonds. The first kappa shape index (κ1) is 20.2. The second-order valence-corrected chi connectivity index (χ2v) is 7.40. The SMILES string of the molecule is COc1ccc(Cl)cc1C(=O)NC1CCN(C(=O)CCc2ccccc2)CC1. The Bertz CT molecular complexity index is 818. The molecule has 1 aliphatic heterocycles. The average molecular weight is 401 g/mol. The van der Waals surface area contributed by atoms with Gasteiger partial charge in [0.15, 0.2) is 0 Å². The molecule has 1 fully saturated rings. The summed E-state index contributed by atoms with van der Waals surface area (Å²) in [7, 11) is 1.53. The first-order chi connectivity index (χ1) is 13.6. The van der Waals surface area contributed by atoms with Crippen LogP contribution >= 0.6 is 11.6 Å². The van der Waals surface area contributed by atoms with Crippen molar-refractivity contribution in [1.29, 1.82) is 0 Å². The smallest absolute Gasteiger partial charge is 0.255 e. The molecule has 6 heteroatoms. The number of amides is 2. The molecule has 0 bridgehead atoms. The molecule has 0 atom stereocenters. The van der Waals surface area contributed by atoms with E-state index in [1.165, 1.54) is 12.7 Å². The number of benzene rings is 2. The number of methoxy groups -OCH3 is 1. The van der Waals surface area contributed by atoms with Crippen molar-refractivity contribution in [3.05, 3.63) is 64.7 Å². The molecule has 0 radical (unpaired) electrons. The molecule has 1 heterocycles. The highest BCUT2D eigenvalue weighted by Crippen LogP contribution is 2.23. The average Bonchev–Trinajstić information content (AvgIpc) is 2.73. The molecular formula is C22H25ClN2O3. The van der Waals surface area contributed by atoms with Crippen molar-refractivity contribution < 1.29 is 14.3 Å². The molecule has 0 unspecified atom stereocenters. The molecule has 2 aromatic rings. The zero-order valence-electron chi connectivity index (χ0n) is 16.0. The van der Waals surface area contributed by atoms with Gasteiger partial charge < -0.3 is 15.0 Å². The van der Waals surface area contributed by atoms with Crippen LogP contribution in [-0.4, -0.2) is 43.0 Å². The summed E-state index contributed by atoms with van der Waals surface area (Å²) in [5.41, 5.74) is 1.60. The lowest BCUT2D eigenvalue weighted by molar-refractivity contribution is -0.132. The van der Waals surface area contributed by atoms with Gasteiger partial charge in [-0.1, -0.05) is 41.9 Å². The number of hydrogen-bond donors (Lipinski definition) is 1. The van der Waals surface area contributed by atoms with Gasteiger partial charge in [-0.2, -0.15) is 0 Å². The maximum Gasteiger partial charge on any atom is 0.255 e. The Labute approximate surface area is 170 Å². The lowest BCUT2D eigenvalue weighted by Crippen LogP contribution is -2.46. The summed E-state index contributed by atoms with van der Waals surface area (Å²) in [5, 5.41) is 3.53. The molecule has 1 saturated heterocycles. The highest BCUT2D eigenvalue weighted by Gasteiger charge is 2.25. The minimum Gasteiger partial charge on any atom is -0.496 e. The summed E-state index contributed by atoms with van der Waals surface area (Å²) in [6, 6.07) is 15.1. The maximum atomic E-state index is 12.6. The monoisotopic (exact) mass is 400 g/mol. The fourth-order valence-corrected chi connectivity index (χ4v) is 3.62. The number of ether oxygens (including phenoxy) is 1. The van der Waals surface area contributed by atoms with E-state index in [1.807, 2.05) is 35.2 Å². The topological polar surface area (TPSA) is 58.6 Å². The fraction of sp³-hybridized carbons (Fsp3) is 0.364. The Morgan fingerprint density at radius 2 is 1.86 bits per heavy atom. The molecule has 5 nitrogen and oxygen atoms in total. The van der Waals surface area contributed by atoms with Crippen LogP contribution in [-0.2, 0) is 11.2 Å². The van der Waals surface area contributed by atoms with Crippen molar-refractivity contribution in [2.24, 2.45) is 0 Å². The molecule has 0 spiro atoms.